The Morgan fingerprint density at radius 2 is 1.90 bits per heavy atom. The van der Waals surface area contributed by atoms with Gasteiger partial charge in [0, 0.05) is 18.7 Å². The van der Waals surface area contributed by atoms with Crippen molar-refractivity contribution in [1.29, 1.82) is 0 Å². The number of sulfonamides is 1. The fourth-order valence-electron chi connectivity index (χ4n) is 3.16. The highest BCUT2D eigenvalue weighted by atomic mass is 32.2. The summed E-state index contributed by atoms with van der Waals surface area (Å²) in [5.41, 5.74) is 1.19. The molecule has 0 unspecified atom stereocenters. The van der Waals surface area contributed by atoms with Gasteiger partial charge in [0.1, 0.15) is 15.6 Å². The quantitative estimate of drug-likeness (QED) is 0.608. The van der Waals surface area contributed by atoms with Crippen LogP contribution in [-0.4, -0.2) is 57.0 Å². The van der Waals surface area contributed by atoms with Crippen molar-refractivity contribution in [2.75, 3.05) is 38.7 Å². The highest BCUT2D eigenvalue weighted by Gasteiger charge is 2.27. The molecule has 0 atom stereocenters. The number of nitrogens with one attached hydrogen (secondary N) is 1. The number of carbonyl (C=O) groups is 1. The van der Waals surface area contributed by atoms with Crippen LogP contribution in [0.2, 0.25) is 0 Å². The van der Waals surface area contributed by atoms with Crippen LogP contribution in [-0.2, 0) is 14.8 Å². The van der Waals surface area contributed by atoms with Crippen LogP contribution in [0.15, 0.2) is 59.6 Å². The number of ether oxygens (including phenoxy) is 2. The summed E-state index contributed by atoms with van der Waals surface area (Å²) in [5.74, 6) is -0.0269. The van der Waals surface area contributed by atoms with Gasteiger partial charge in [-0.2, -0.15) is 4.31 Å². The van der Waals surface area contributed by atoms with Crippen molar-refractivity contribution in [3.05, 3.63) is 59.6 Å². The van der Waals surface area contributed by atoms with Crippen molar-refractivity contribution in [3.63, 3.8) is 0 Å². The minimum absolute atomic E-state index is 0.0831. The van der Waals surface area contributed by atoms with Gasteiger partial charge >= 0.3 is 0 Å². The second kappa shape index (κ2) is 9.15. The van der Waals surface area contributed by atoms with E-state index in [2.05, 4.69) is 10.3 Å². The topological polar surface area (TPSA) is 97.8 Å². The van der Waals surface area contributed by atoms with Gasteiger partial charge in [-0.25, -0.2) is 13.4 Å². The van der Waals surface area contributed by atoms with Crippen LogP contribution < -0.4 is 10.1 Å². The first-order valence-electron chi connectivity index (χ1n) is 9.57. The van der Waals surface area contributed by atoms with Crippen LogP contribution in [0.3, 0.4) is 0 Å². The number of thiazole rings is 1. The smallest absolute Gasteiger partial charge is 0.267 e. The van der Waals surface area contributed by atoms with E-state index in [-0.39, 0.29) is 16.5 Å². The van der Waals surface area contributed by atoms with Crippen molar-refractivity contribution >= 4 is 33.0 Å². The molecular weight excluding hydrogens is 438 g/mol. The Morgan fingerprint density at radius 3 is 2.61 bits per heavy atom. The van der Waals surface area contributed by atoms with E-state index in [0.717, 1.165) is 10.6 Å². The Morgan fingerprint density at radius 1 is 1.16 bits per heavy atom. The van der Waals surface area contributed by atoms with Crippen LogP contribution in [0.5, 0.6) is 5.75 Å². The summed E-state index contributed by atoms with van der Waals surface area (Å²) in [6.07, 6.45) is 1.50. The zero-order valence-electron chi connectivity index (χ0n) is 16.8. The van der Waals surface area contributed by atoms with Gasteiger partial charge in [0.2, 0.25) is 10.0 Å². The number of hydrogen-bond acceptors (Lipinski definition) is 7. The average Bonchev–Trinajstić information content (AvgIpc) is 3.31. The molecule has 3 aromatic rings. The summed E-state index contributed by atoms with van der Waals surface area (Å²) in [6, 6.07) is 14.0. The highest BCUT2D eigenvalue weighted by Crippen LogP contribution is 2.31. The number of nitrogens with zero attached hydrogens (tertiary/aromatic N) is 2. The standard InChI is InChI=1S/C21H21N3O5S2/c1-28-18-8-7-16(31(26,27)24-9-11-29-12-10-24)13-17(18)23-20(25)19-14-22-21(30-19)15-5-3-2-4-6-15/h2-8,13-14H,9-12H2,1H3,(H,23,25). The Bertz CT molecular complexity index is 1170. The number of amides is 1. The molecule has 0 radical (unpaired) electrons. The van der Waals surface area contributed by atoms with Gasteiger partial charge in [-0.1, -0.05) is 30.3 Å². The molecule has 162 valence electrons. The normalized spacial score (nSPS) is 14.9. The third-order valence-electron chi connectivity index (χ3n) is 4.78. The molecular formula is C21H21N3O5S2. The molecule has 4 rings (SSSR count). The first-order chi connectivity index (χ1) is 15.0. The maximum Gasteiger partial charge on any atom is 0.267 e. The zero-order chi connectivity index (χ0) is 21.8. The lowest BCUT2D eigenvalue weighted by molar-refractivity contribution is 0.0730. The molecule has 1 aromatic heterocycles. The van der Waals surface area contributed by atoms with Crippen molar-refractivity contribution in [2.24, 2.45) is 0 Å². The number of benzene rings is 2. The zero-order valence-corrected chi connectivity index (χ0v) is 18.4. The van der Waals surface area contributed by atoms with Crippen molar-refractivity contribution in [3.8, 4) is 16.3 Å². The van der Waals surface area contributed by atoms with Gasteiger partial charge in [0.25, 0.3) is 5.91 Å². The maximum absolute atomic E-state index is 13.0. The summed E-state index contributed by atoms with van der Waals surface area (Å²) in [6.45, 7) is 1.29. The minimum atomic E-state index is -3.71. The van der Waals surface area contributed by atoms with Crippen LogP contribution >= 0.6 is 11.3 Å². The molecule has 0 saturated carbocycles. The predicted octanol–water partition coefficient (Wildman–Crippen LogP) is 3.09. The fourth-order valence-corrected chi connectivity index (χ4v) is 5.41. The summed E-state index contributed by atoms with van der Waals surface area (Å²) in [5, 5.41) is 3.48. The number of anilines is 1. The third kappa shape index (κ3) is 4.62. The molecule has 1 fully saturated rings. The van der Waals surface area contributed by atoms with Gasteiger partial charge in [-0.3, -0.25) is 4.79 Å². The molecule has 1 aliphatic rings. The van der Waals surface area contributed by atoms with E-state index in [0.29, 0.717) is 36.9 Å². The SMILES string of the molecule is COc1ccc(S(=O)(=O)N2CCOCC2)cc1NC(=O)c1cnc(-c2ccccc2)s1. The molecule has 2 aromatic carbocycles. The lowest BCUT2D eigenvalue weighted by atomic mass is 10.2. The fraction of sp³-hybridized carbons (Fsp3) is 0.238. The van der Waals surface area contributed by atoms with Crippen LogP contribution in [0.4, 0.5) is 5.69 Å². The van der Waals surface area contributed by atoms with E-state index in [1.807, 2.05) is 30.3 Å². The van der Waals surface area contributed by atoms with Crippen LogP contribution in [0.1, 0.15) is 9.67 Å². The second-order valence-corrected chi connectivity index (χ2v) is 9.70. The van der Waals surface area contributed by atoms with Crippen molar-refractivity contribution < 1.29 is 22.7 Å². The average molecular weight is 460 g/mol. The van der Waals surface area contributed by atoms with Gasteiger partial charge in [-0.15, -0.1) is 11.3 Å². The van der Waals surface area contributed by atoms with Gasteiger partial charge in [0.15, 0.2) is 0 Å². The van der Waals surface area contributed by atoms with E-state index < -0.39 is 10.0 Å². The number of aromatic nitrogens is 1. The van der Waals surface area contributed by atoms with E-state index in [1.54, 1.807) is 0 Å². The third-order valence-corrected chi connectivity index (χ3v) is 7.72. The van der Waals surface area contributed by atoms with Gasteiger partial charge in [-0.05, 0) is 18.2 Å². The number of rotatable bonds is 6. The molecule has 0 aliphatic carbocycles. The minimum Gasteiger partial charge on any atom is -0.495 e. The van der Waals surface area contributed by atoms with Crippen LogP contribution in [0, 0.1) is 0 Å². The monoisotopic (exact) mass is 459 g/mol. The lowest BCUT2D eigenvalue weighted by Gasteiger charge is -2.26. The predicted molar refractivity (Wildman–Crippen MR) is 118 cm³/mol. The number of methoxy groups -OCH3 is 1. The molecule has 1 saturated heterocycles. The molecule has 8 nitrogen and oxygen atoms in total. The summed E-state index contributed by atoms with van der Waals surface area (Å²) in [4.78, 5) is 17.6. The van der Waals surface area contributed by atoms with Gasteiger partial charge < -0.3 is 14.8 Å². The maximum atomic E-state index is 13.0. The number of carbonyl (C=O) groups excluding carboxylic acids is 1. The molecule has 1 aliphatic heterocycles. The van der Waals surface area contributed by atoms with Gasteiger partial charge in [0.05, 0.1) is 37.1 Å². The summed E-state index contributed by atoms with van der Waals surface area (Å²) < 4.78 is 37.9. The molecule has 31 heavy (non-hydrogen) atoms. The first kappa shape index (κ1) is 21.4. The summed E-state index contributed by atoms with van der Waals surface area (Å²) >= 11 is 1.25. The Labute approximate surface area is 184 Å². The molecule has 1 N–H and O–H groups in total. The Hall–Kier alpha value is -2.79. The second-order valence-electron chi connectivity index (χ2n) is 6.73. The Kier molecular flexibility index (Phi) is 6.33. The molecule has 0 spiro atoms. The molecule has 0 bridgehead atoms. The highest BCUT2D eigenvalue weighted by molar-refractivity contribution is 7.89. The molecule has 1 amide bonds. The first-order valence-corrected chi connectivity index (χ1v) is 11.8. The van der Waals surface area contributed by atoms with E-state index in [4.69, 9.17) is 9.47 Å². The lowest BCUT2D eigenvalue weighted by Crippen LogP contribution is -2.40. The molecule has 10 heteroatoms. The van der Waals surface area contributed by atoms with Crippen molar-refractivity contribution in [1.82, 2.24) is 9.29 Å². The van der Waals surface area contributed by atoms with Crippen LogP contribution in [0.25, 0.3) is 10.6 Å². The van der Waals surface area contributed by atoms with Crippen molar-refractivity contribution in [2.45, 2.75) is 4.90 Å². The largest absolute Gasteiger partial charge is 0.495 e. The van der Waals surface area contributed by atoms with E-state index >= 15 is 0 Å². The number of morpholine rings is 1. The van der Waals surface area contributed by atoms with E-state index in [9.17, 15) is 13.2 Å². The van der Waals surface area contributed by atoms with E-state index in [1.165, 1.54) is 47.1 Å². The summed E-state index contributed by atoms with van der Waals surface area (Å²) in [7, 11) is -2.25. The molecule has 2 heterocycles. The number of hydrogen-bond donors (Lipinski definition) is 1. The Balaban J connectivity index is 1.58.